The van der Waals surface area contributed by atoms with Crippen LogP contribution in [0, 0.1) is 35.2 Å². The average Bonchev–Trinajstić information content (AvgIpc) is 1.68. The molecular weight excluding hydrogens is 1730 g/mol. The molecule has 8 rings (SSSR count). The number of phenolic OH excluding ortho intramolecular Hbond substituents is 2. The molecule has 33 nitrogen and oxygen atoms in total. The number of para-hydroxylation sites is 1. The van der Waals surface area contributed by atoms with Gasteiger partial charge in [-0.2, -0.15) is 0 Å². The SMILES string of the molecule is CCCC[C@H]1C(=O)N(C)CC(=O)C[C@@H](CC(N)=O)C(=O)C[C@@H](C(C)C)C(=O)N(C)[C@@H](Cc2ccccc2)C(=O)N[C@@H](Cc2ccc(O)cc2)C(=O)N(C)CC(=O)N[C@@H](Cc2c[nH]c3ccccc23)C(=O)N[C@@H](Cc2ccc(O)cc2)C(=O)N[C@@H](CCCN)C(=O)N[C@H](C(=O)CCC(N)=O)CSCC(=O)N[C@@H](Cc2cc(F)c(F)c(F)c2)C(=O)N(C)[C@@H](Cc2ccccc2)C(=O)N1C. The van der Waals surface area contributed by atoms with E-state index in [1.54, 1.807) is 105 Å². The molecule has 7 aromatic rings. The van der Waals surface area contributed by atoms with E-state index < -0.39 is 247 Å². The number of aromatic nitrogens is 1. The summed E-state index contributed by atoms with van der Waals surface area (Å²) in [6.45, 7) is 3.51. The molecule has 1 aromatic heterocycles. The zero-order chi connectivity index (χ0) is 96.7. The number of nitrogens with zero attached hydrogens (tertiary/aromatic N) is 5. The minimum absolute atomic E-state index is 0.0264. The van der Waals surface area contributed by atoms with E-state index in [1.165, 1.54) is 83.8 Å². The van der Waals surface area contributed by atoms with Gasteiger partial charge in [-0.05, 0) is 108 Å². The summed E-state index contributed by atoms with van der Waals surface area (Å²) in [5.41, 5.74) is 19.8. The van der Waals surface area contributed by atoms with Gasteiger partial charge in [-0.1, -0.05) is 137 Å². The molecule has 6 aromatic carbocycles. The first-order valence-corrected chi connectivity index (χ1v) is 44.7. The van der Waals surface area contributed by atoms with Crippen molar-refractivity contribution in [1.82, 2.24) is 61.4 Å². The summed E-state index contributed by atoms with van der Waals surface area (Å²) >= 11 is 0.702. The second kappa shape index (κ2) is 50.2. The first-order valence-electron chi connectivity index (χ1n) is 43.6. The minimum atomic E-state index is -1.86. The van der Waals surface area contributed by atoms with Gasteiger partial charge in [-0.25, -0.2) is 13.2 Å². The van der Waals surface area contributed by atoms with E-state index in [9.17, 15) is 53.0 Å². The summed E-state index contributed by atoms with van der Waals surface area (Å²) in [6.07, 6.45) is -3.03. The Bertz CT molecular complexity index is 5220. The van der Waals surface area contributed by atoms with E-state index in [4.69, 9.17) is 17.2 Å². The number of carbonyl (C=O) groups excluding carboxylic acids is 16. The van der Waals surface area contributed by atoms with Crippen LogP contribution in [0.25, 0.3) is 10.9 Å². The number of unbranched alkanes of at least 4 members (excludes halogenated alkanes) is 1. The molecule has 0 bridgehead atoms. The lowest BCUT2D eigenvalue weighted by Gasteiger charge is -2.37. The third kappa shape index (κ3) is 30.7. The normalized spacial score (nSPS) is 21.8. The second-order valence-electron chi connectivity index (χ2n) is 33.7. The summed E-state index contributed by atoms with van der Waals surface area (Å²) in [4.78, 5) is 244. The number of thioether (sulfide) groups is 1. The van der Waals surface area contributed by atoms with Crippen molar-refractivity contribution in [3.05, 3.63) is 203 Å². The Labute approximate surface area is 767 Å². The Morgan fingerprint density at radius 2 is 0.985 bits per heavy atom. The Balaban J connectivity index is 1.22. The van der Waals surface area contributed by atoms with Crippen LogP contribution in [-0.4, -0.2) is 255 Å². The van der Waals surface area contributed by atoms with Gasteiger partial charge in [0.15, 0.2) is 29.0 Å². The smallest absolute Gasteiger partial charge is 0.246 e. The lowest BCUT2D eigenvalue weighted by atomic mass is 9.83. The van der Waals surface area contributed by atoms with Crippen LogP contribution in [0.4, 0.5) is 13.2 Å². The zero-order valence-corrected chi connectivity index (χ0v) is 76.0. The van der Waals surface area contributed by atoms with Gasteiger partial charge in [0.1, 0.15) is 65.6 Å². The van der Waals surface area contributed by atoms with E-state index in [-0.39, 0.29) is 75.0 Å². The highest BCUT2D eigenvalue weighted by molar-refractivity contribution is 8.00. The Hall–Kier alpha value is -13.3. The van der Waals surface area contributed by atoms with Crippen LogP contribution >= 0.6 is 11.8 Å². The van der Waals surface area contributed by atoms with Crippen LogP contribution in [0.1, 0.15) is 118 Å². The number of Topliss-reactive ketones (excluding diaryl/α,β-unsaturated/α-hetero) is 3. The van der Waals surface area contributed by atoms with E-state index in [0.717, 1.165) is 24.5 Å². The topological polar surface area (TPSA) is 496 Å². The summed E-state index contributed by atoms with van der Waals surface area (Å²) in [7, 11) is 6.34. The van der Waals surface area contributed by atoms with Gasteiger partial charge in [-0.15, -0.1) is 11.8 Å². The summed E-state index contributed by atoms with van der Waals surface area (Å²) in [6, 6.07) is 21.8. The van der Waals surface area contributed by atoms with E-state index >= 15 is 47.1 Å². The molecule has 0 saturated carbocycles. The van der Waals surface area contributed by atoms with Crippen LogP contribution in [0.5, 0.6) is 11.5 Å². The molecule has 13 amide bonds. The molecule has 11 atom stereocenters. The van der Waals surface area contributed by atoms with Gasteiger partial charge in [-0.3, -0.25) is 76.7 Å². The fourth-order valence-corrected chi connectivity index (χ4v) is 16.6. The van der Waals surface area contributed by atoms with Crippen molar-refractivity contribution in [2.24, 2.45) is 35.0 Å². The van der Waals surface area contributed by atoms with Crippen LogP contribution in [0.15, 0.2) is 152 Å². The maximum atomic E-state index is 15.5. The van der Waals surface area contributed by atoms with Gasteiger partial charge in [0.05, 0.1) is 24.9 Å². The number of H-pyrrole nitrogens is 1. The highest BCUT2D eigenvalue weighted by atomic mass is 32.2. The third-order valence-electron chi connectivity index (χ3n) is 23.2. The molecule has 2 heterocycles. The monoisotopic (exact) mass is 1850 g/mol. The fourth-order valence-electron chi connectivity index (χ4n) is 15.7. The number of carbonyl (C=O) groups is 16. The Morgan fingerprint density at radius 3 is 1.56 bits per heavy atom. The minimum Gasteiger partial charge on any atom is -0.508 e. The number of phenols is 2. The number of fused-ring (bicyclic) bond motifs is 1. The van der Waals surface area contributed by atoms with Crippen molar-refractivity contribution in [3.63, 3.8) is 0 Å². The van der Waals surface area contributed by atoms with E-state index in [2.05, 4.69) is 36.9 Å². The third-order valence-corrected chi connectivity index (χ3v) is 24.2. The summed E-state index contributed by atoms with van der Waals surface area (Å²) in [5, 5.41) is 37.5. The molecule has 708 valence electrons. The largest absolute Gasteiger partial charge is 0.508 e. The second-order valence-corrected chi connectivity index (χ2v) is 34.7. The van der Waals surface area contributed by atoms with Gasteiger partial charge >= 0.3 is 0 Å². The fraction of sp³-hybridized carbons (Fsp3) is 0.432. The number of aromatic hydroxyl groups is 2. The van der Waals surface area contributed by atoms with Crippen molar-refractivity contribution in [3.8, 4) is 11.5 Å². The molecular formula is C95H118F3N15O18S. The molecule has 0 aliphatic carbocycles. The number of halogens is 3. The highest BCUT2D eigenvalue weighted by Crippen LogP contribution is 2.29. The zero-order valence-electron chi connectivity index (χ0n) is 75.1. The van der Waals surface area contributed by atoms with Crippen molar-refractivity contribution in [1.29, 1.82) is 0 Å². The van der Waals surface area contributed by atoms with Crippen molar-refractivity contribution in [2.75, 3.05) is 66.4 Å². The van der Waals surface area contributed by atoms with Gasteiger partial charge in [0.2, 0.25) is 76.8 Å². The number of rotatable bonds is 25. The van der Waals surface area contributed by atoms with E-state index in [0.29, 0.717) is 75.5 Å². The van der Waals surface area contributed by atoms with Crippen molar-refractivity contribution < 1.29 is 100 Å². The van der Waals surface area contributed by atoms with Gasteiger partial charge < -0.3 is 88.8 Å². The van der Waals surface area contributed by atoms with E-state index in [1.807, 2.05) is 6.92 Å². The Kier molecular flexibility index (Phi) is 39.6. The maximum absolute atomic E-state index is 15.5. The number of hydrogen-bond donors (Lipinski definition) is 12. The predicted molar refractivity (Wildman–Crippen MR) is 486 cm³/mol. The molecule has 1 saturated heterocycles. The molecule has 0 radical (unpaired) electrons. The van der Waals surface area contributed by atoms with Crippen LogP contribution in [0.2, 0.25) is 0 Å². The van der Waals surface area contributed by atoms with Crippen LogP contribution in [-0.2, 0) is 115 Å². The lowest BCUT2D eigenvalue weighted by Crippen LogP contribution is -2.59. The van der Waals surface area contributed by atoms with Gasteiger partial charge in [0, 0.05) is 141 Å². The summed E-state index contributed by atoms with van der Waals surface area (Å²) < 4.78 is 44.9. The average molecular weight is 1850 g/mol. The maximum Gasteiger partial charge on any atom is 0.246 e. The molecule has 1 aliphatic rings. The Morgan fingerprint density at radius 1 is 0.485 bits per heavy atom. The lowest BCUT2D eigenvalue weighted by molar-refractivity contribution is -0.151. The first-order chi connectivity index (χ1) is 62.7. The number of amides is 13. The first kappa shape index (κ1) is 104. The standard InChI is InChI=1S/C95H118F3N15O18S/c1-9-10-27-77-94(130)109(4)51-65(116)46-61(48-83(101)120)81(118)49-67(55(2)3)91(127)112(7)78(44-56-20-13-11-14-21-56)90(126)107-74(42-59-30-34-64(115)35-31-59)92(128)110(5)52-84(121)103-73(47-62-50-102-70-25-18-17-24-66(62)70)89(125)106-72(41-58-28-32-63(114)33-29-58)88(124)105-71(26-19-38-99)87(123)108-76(80(117)36-37-82(100)119)53-132-54-85(122)104-75(43-60-39-68(96)86(98)69(97)40-60)93(129)113(8)79(95(131)111(77)6)45-57-22-15-12-16-23-57/h11-18,20-25,28-35,39-40,50,55,61,67,71-79,102,114-115H,9-10,19,26-27,36-38,41-49,51-54,99H2,1-8H3,(H2,100,119)(H2,101,120)(H,103,121)(H,104,122)(H,105,124)(H,106,125)(H,107,126)(H,108,123)/t61-,67-,71-,72-,73-,74-,75-,76-,77-,78-,79-/m0/s1. The van der Waals surface area contributed by atoms with Crippen LogP contribution < -0.4 is 49.1 Å². The van der Waals surface area contributed by atoms with Gasteiger partial charge in [0.25, 0.3) is 0 Å². The van der Waals surface area contributed by atoms with Crippen LogP contribution in [0.3, 0.4) is 0 Å². The van der Waals surface area contributed by atoms with Crippen molar-refractivity contribution >= 4 is 117 Å². The number of aromatic amines is 1. The quantitative estimate of drug-likeness (QED) is 0.0356. The highest BCUT2D eigenvalue weighted by Gasteiger charge is 2.43. The molecule has 0 spiro atoms. The number of ketones is 3. The molecule has 132 heavy (non-hydrogen) atoms. The number of nitrogens with one attached hydrogen (secondary N) is 7. The number of nitrogens with two attached hydrogens (primary N) is 3. The number of likely N-dealkylation sites (N-methyl/N-ethyl adjacent to an activating group) is 5. The van der Waals surface area contributed by atoms with Crippen molar-refractivity contribution in [2.45, 2.75) is 178 Å². The number of primary amides is 2. The predicted octanol–water partition coefficient (Wildman–Crippen LogP) is 4.25. The number of benzene rings is 6. The molecule has 0 unspecified atom stereocenters. The molecule has 37 heteroatoms. The molecule has 1 aliphatic heterocycles. The molecule has 1 fully saturated rings. The molecule has 15 N–H and O–H groups in total. The number of hydrogen-bond acceptors (Lipinski definition) is 20. The summed E-state index contributed by atoms with van der Waals surface area (Å²) in [5.74, 6) is -24.5.